The Kier molecular flexibility index (Phi) is 2.11. The van der Waals surface area contributed by atoms with Crippen molar-refractivity contribution >= 4 is 16.7 Å². The van der Waals surface area contributed by atoms with E-state index in [9.17, 15) is 0 Å². The molecule has 0 saturated carbocycles. The Balaban J connectivity index is 2.50. The molecular weight excluding hydrogens is 176 g/mol. The highest BCUT2D eigenvalue weighted by Crippen LogP contribution is 2.15. The van der Waals surface area contributed by atoms with E-state index < -0.39 is 0 Å². The number of hydrogen-bond acceptors (Lipinski definition) is 3. The van der Waals surface area contributed by atoms with Crippen molar-refractivity contribution in [3.8, 4) is 0 Å². The number of fused-ring (bicyclic) bond motifs is 1. The first-order valence-corrected chi connectivity index (χ1v) is 4.75. The zero-order valence-electron chi connectivity index (χ0n) is 8.44. The fourth-order valence-electron chi connectivity index (χ4n) is 1.46. The predicted molar refractivity (Wildman–Crippen MR) is 56.8 cm³/mol. The van der Waals surface area contributed by atoms with E-state index in [0.29, 0.717) is 5.92 Å². The summed E-state index contributed by atoms with van der Waals surface area (Å²) in [6.07, 6.45) is 0. The summed E-state index contributed by atoms with van der Waals surface area (Å²) >= 11 is 0. The maximum absolute atomic E-state index is 5.71. The fourth-order valence-corrected chi connectivity index (χ4v) is 1.46. The van der Waals surface area contributed by atoms with E-state index in [1.54, 1.807) is 0 Å². The van der Waals surface area contributed by atoms with Crippen LogP contribution in [0.5, 0.6) is 0 Å². The van der Waals surface area contributed by atoms with Crippen LogP contribution in [0.25, 0.3) is 11.0 Å². The lowest BCUT2D eigenvalue weighted by Crippen LogP contribution is -2.06. The molecule has 4 heteroatoms. The molecule has 0 radical (unpaired) electrons. The van der Waals surface area contributed by atoms with E-state index in [1.807, 2.05) is 22.9 Å². The smallest absolute Gasteiger partial charge is 0.113 e. The Hall–Kier alpha value is -1.58. The molecule has 74 valence electrons. The summed E-state index contributed by atoms with van der Waals surface area (Å²) < 4.78 is 1.90. The van der Waals surface area contributed by atoms with Crippen molar-refractivity contribution in [3.63, 3.8) is 0 Å². The molecule has 0 atom stereocenters. The zero-order valence-corrected chi connectivity index (χ0v) is 8.44. The van der Waals surface area contributed by atoms with Gasteiger partial charge < -0.3 is 5.73 Å². The maximum Gasteiger partial charge on any atom is 0.113 e. The van der Waals surface area contributed by atoms with E-state index >= 15 is 0 Å². The van der Waals surface area contributed by atoms with Gasteiger partial charge in [0.05, 0.1) is 5.52 Å². The summed E-state index contributed by atoms with van der Waals surface area (Å²) in [6.45, 7) is 5.18. The highest BCUT2D eigenvalue weighted by Gasteiger charge is 2.05. The number of aromatic nitrogens is 3. The van der Waals surface area contributed by atoms with Crippen LogP contribution in [0.1, 0.15) is 13.8 Å². The quantitative estimate of drug-likeness (QED) is 0.733. The van der Waals surface area contributed by atoms with E-state index in [2.05, 4.69) is 24.2 Å². The Morgan fingerprint density at radius 2 is 2.21 bits per heavy atom. The topological polar surface area (TPSA) is 56.7 Å². The normalized spacial score (nSPS) is 11.4. The molecule has 0 aliphatic heterocycles. The van der Waals surface area contributed by atoms with Gasteiger partial charge in [-0.1, -0.05) is 19.1 Å². The molecule has 0 fully saturated rings. The number of nitrogens with two attached hydrogens (primary N) is 1. The fraction of sp³-hybridized carbons (Fsp3) is 0.400. The molecule has 0 bridgehead atoms. The standard InChI is InChI=1S/C10H14N4/c1-7(2)6-14-10-5-8(11)3-4-9(10)12-13-14/h3-5,7H,6,11H2,1-2H3. The molecule has 1 aromatic heterocycles. The summed E-state index contributed by atoms with van der Waals surface area (Å²) in [6, 6.07) is 5.66. The first kappa shape index (κ1) is 8.99. The van der Waals surface area contributed by atoms with Gasteiger partial charge in [-0.3, -0.25) is 0 Å². The van der Waals surface area contributed by atoms with Gasteiger partial charge >= 0.3 is 0 Å². The van der Waals surface area contributed by atoms with Crippen molar-refractivity contribution in [2.24, 2.45) is 5.92 Å². The van der Waals surface area contributed by atoms with Crippen molar-refractivity contribution in [2.75, 3.05) is 5.73 Å². The maximum atomic E-state index is 5.71. The van der Waals surface area contributed by atoms with Crippen molar-refractivity contribution in [1.82, 2.24) is 15.0 Å². The molecule has 14 heavy (non-hydrogen) atoms. The monoisotopic (exact) mass is 190 g/mol. The molecule has 1 heterocycles. The first-order valence-electron chi connectivity index (χ1n) is 4.75. The minimum Gasteiger partial charge on any atom is -0.399 e. The predicted octanol–water partition coefficient (Wildman–Crippen LogP) is 1.67. The second-order valence-corrected chi connectivity index (χ2v) is 3.91. The van der Waals surface area contributed by atoms with Gasteiger partial charge in [0.25, 0.3) is 0 Å². The molecule has 2 N–H and O–H groups in total. The van der Waals surface area contributed by atoms with Crippen LogP contribution in [0.4, 0.5) is 5.69 Å². The molecule has 4 nitrogen and oxygen atoms in total. The summed E-state index contributed by atoms with van der Waals surface area (Å²) in [4.78, 5) is 0. The highest BCUT2D eigenvalue weighted by molar-refractivity contribution is 5.77. The van der Waals surface area contributed by atoms with Crippen LogP contribution >= 0.6 is 0 Å². The first-order chi connectivity index (χ1) is 6.66. The van der Waals surface area contributed by atoms with Gasteiger partial charge in [0.15, 0.2) is 0 Å². The molecule has 0 unspecified atom stereocenters. The number of anilines is 1. The Morgan fingerprint density at radius 3 is 2.93 bits per heavy atom. The molecule has 0 aliphatic rings. The largest absolute Gasteiger partial charge is 0.399 e. The second-order valence-electron chi connectivity index (χ2n) is 3.91. The zero-order chi connectivity index (χ0) is 10.1. The van der Waals surface area contributed by atoms with Crippen molar-refractivity contribution < 1.29 is 0 Å². The average Bonchev–Trinajstić information content (AvgIpc) is 2.47. The Labute approximate surface area is 82.7 Å². The van der Waals surface area contributed by atoms with Crippen LogP contribution in [-0.4, -0.2) is 15.0 Å². The lowest BCUT2D eigenvalue weighted by Gasteiger charge is -2.04. The van der Waals surface area contributed by atoms with Crippen LogP contribution in [0.3, 0.4) is 0 Å². The van der Waals surface area contributed by atoms with E-state index in [1.165, 1.54) is 0 Å². The Morgan fingerprint density at radius 1 is 1.43 bits per heavy atom. The summed E-state index contributed by atoms with van der Waals surface area (Å²) in [5.41, 5.74) is 8.38. The second kappa shape index (κ2) is 3.29. The van der Waals surface area contributed by atoms with Gasteiger partial charge in [-0.2, -0.15) is 0 Å². The third-order valence-corrected chi connectivity index (χ3v) is 2.08. The van der Waals surface area contributed by atoms with Crippen LogP contribution in [0.2, 0.25) is 0 Å². The van der Waals surface area contributed by atoms with E-state index in [0.717, 1.165) is 23.3 Å². The Bertz CT molecular complexity index is 444. The van der Waals surface area contributed by atoms with Crippen LogP contribution in [0, 0.1) is 5.92 Å². The molecule has 1 aromatic carbocycles. The van der Waals surface area contributed by atoms with Gasteiger partial charge in [0.2, 0.25) is 0 Å². The molecular formula is C10H14N4. The lowest BCUT2D eigenvalue weighted by atomic mass is 10.2. The number of nitrogen functional groups attached to an aromatic ring is 1. The minimum absolute atomic E-state index is 0.557. The van der Waals surface area contributed by atoms with E-state index in [4.69, 9.17) is 5.73 Å². The number of rotatable bonds is 2. The van der Waals surface area contributed by atoms with Crippen molar-refractivity contribution in [1.29, 1.82) is 0 Å². The summed E-state index contributed by atoms with van der Waals surface area (Å²) in [5, 5.41) is 8.16. The minimum atomic E-state index is 0.557. The molecule has 0 spiro atoms. The highest BCUT2D eigenvalue weighted by atomic mass is 15.4. The molecule has 0 saturated heterocycles. The number of benzene rings is 1. The molecule has 2 rings (SSSR count). The van der Waals surface area contributed by atoms with Gasteiger partial charge in [-0.15, -0.1) is 5.10 Å². The summed E-state index contributed by atoms with van der Waals surface area (Å²) in [7, 11) is 0. The summed E-state index contributed by atoms with van der Waals surface area (Å²) in [5.74, 6) is 0.557. The molecule has 2 aromatic rings. The van der Waals surface area contributed by atoms with Crippen LogP contribution < -0.4 is 5.73 Å². The number of hydrogen-bond donors (Lipinski definition) is 1. The third kappa shape index (κ3) is 1.55. The van der Waals surface area contributed by atoms with Gasteiger partial charge in [0, 0.05) is 12.2 Å². The van der Waals surface area contributed by atoms with E-state index in [-0.39, 0.29) is 0 Å². The van der Waals surface area contributed by atoms with Crippen LogP contribution in [0.15, 0.2) is 18.2 Å². The van der Waals surface area contributed by atoms with Crippen LogP contribution in [-0.2, 0) is 6.54 Å². The third-order valence-electron chi connectivity index (χ3n) is 2.08. The van der Waals surface area contributed by atoms with Crippen molar-refractivity contribution in [2.45, 2.75) is 20.4 Å². The van der Waals surface area contributed by atoms with Gasteiger partial charge in [-0.05, 0) is 24.1 Å². The van der Waals surface area contributed by atoms with Gasteiger partial charge in [-0.25, -0.2) is 4.68 Å². The SMILES string of the molecule is CC(C)Cn1nnc2ccc(N)cc21. The average molecular weight is 190 g/mol. The number of nitrogens with zero attached hydrogens (tertiary/aromatic N) is 3. The molecule has 0 aliphatic carbocycles. The van der Waals surface area contributed by atoms with Crippen molar-refractivity contribution in [3.05, 3.63) is 18.2 Å². The molecule has 0 amide bonds. The lowest BCUT2D eigenvalue weighted by molar-refractivity contribution is 0.483. The van der Waals surface area contributed by atoms with Gasteiger partial charge in [0.1, 0.15) is 5.52 Å².